The molecule has 0 spiro atoms. The second-order valence-electron chi connectivity index (χ2n) is 6.76. The van der Waals surface area contributed by atoms with Crippen molar-refractivity contribution in [2.24, 2.45) is 5.10 Å². The van der Waals surface area contributed by atoms with E-state index in [4.69, 9.17) is 18.9 Å². The summed E-state index contributed by atoms with van der Waals surface area (Å²) in [4.78, 5) is 17.1. The first kappa shape index (κ1) is 22.1. The van der Waals surface area contributed by atoms with E-state index in [1.54, 1.807) is 42.6 Å². The van der Waals surface area contributed by atoms with Crippen LogP contribution in [0.4, 0.5) is 5.13 Å². The fourth-order valence-electron chi connectivity index (χ4n) is 3.01. The molecule has 0 radical (unpaired) electrons. The SMILES string of the molecule is COc1cc(OC)cc(C(=O)Oc2ccc(/C=N/Nc3nc4ccccc4s3)cc2OC)c1. The van der Waals surface area contributed by atoms with Gasteiger partial charge in [-0.25, -0.2) is 9.78 Å². The molecule has 0 atom stereocenters. The summed E-state index contributed by atoms with van der Waals surface area (Å²) < 4.78 is 22.4. The van der Waals surface area contributed by atoms with Crippen molar-refractivity contribution >= 4 is 38.9 Å². The standard InChI is InChI=1S/C24H21N3O5S/c1-29-17-11-16(12-18(13-17)30-2)23(28)32-20-9-8-15(10-21(20)31-3)14-25-27-24-26-19-6-4-5-7-22(19)33-24/h4-14H,1-3H3,(H,26,27)/b25-14+. The second kappa shape index (κ2) is 10.0. The van der Waals surface area contributed by atoms with E-state index < -0.39 is 5.97 Å². The Labute approximate surface area is 194 Å². The molecule has 0 saturated carbocycles. The van der Waals surface area contributed by atoms with Crippen molar-refractivity contribution in [3.8, 4) is 23.0 Å². The lowest BCUT2D eigenvalue weighted by molar-refractivity contribution is 0.0729. The predicted octanol–water partition coefficient (Wildman–Crippen LogP) is 4.99. The summed E-state index contributed by atoms with van der Waals surface area (Å²) in [6.07, 6.45) is 1.63. The van der Waals surface area contributed by atoms with Crippen molar-refractivity contribution in [3.63, 3.8) is 0 Å². The lowest BCUT2D eigenvalue weighted by Gasteiger charge is -2.11. The van der Waals surface area contributed by atoms with Gasteiger partial charge in [0.1, 0.15) is 11.5 Å². The minimum absolute atomic E-state index is 0.278. The quantitative estimate of drug-likeness (QED) is 0.170. The maximum Gasteiger partial charge on any atom is 0.343 e. The van der Waals surface area contributed by atoms with Crippen molar-refractivity contribution in [2.75, 3.05) is 26.8 Å². The van der Waals surface area contributed by atoms with Crippen LogP contribution in [0.1, 0.15) is 15.9 Å². The van der Waals surface area contributed by atoms with Crippen LogP contribution in [0.2, 0.25) is 0 Å². The van der Waals surface area contributed by atoms with Crippen LogP contribution in [0.5, 0.6) is 23.0 Å². The average molecular weight is 464 g/mol. The van der Waals surface area contributed by atoms with Gasteiger partial charge in [0.15, 0.2) is 11.5 Å². The van der Waals surface area contributed by atoms with Gasteiger partial charge in [-0.1, -0.05) is 23.5 Å². The summed E-state index contributed by atoms with van der Waals surface area (Å²) in [5.74, 6) is 1.08. The molecule has 0 aliphatic heterocycles. The number of thiazole rings is 1. The van der Waals surface area contributed by atoms with Gasteiger partial charge in [-0.15, -0.1) is 0 Å². The second-order valence-corrected chi connectivity index (χ2v) is 7.79. The number of hydrazone groups is 1. The molecule has 0 aliphatic carbocycles. The average Bonchev–Trinajstić information content (AvgIpc) is 3.27. The molecular formula is C24H21N3O5S. The molecule has 0 saturated heterocycles. The first-order chi connectivity index (χ1) is 16.1. The summed E-state index contributed by atoms with van der Waals surface area (Å²) >= 11 is 1.52. The number of rotatable bonds is 8. The van der Waals surface area contributed by atoms with Crippen LogP contribution < -0.4 is 24.4 Å². The van der Waals surface area contributed by atoms with Crippen molar-refractivity contribution in [1.29, 1.82) is 0 Å². The largest absolute Gasteiger partial charge is 0.497 e. The molecule has 3 aromatic carbocycles. The number of ether oxygens (including phenoxy) is 4. The highest BCUT2D eigenvalue weighted by molar-refractivity contribution is 7.22. The monoisotopic (exact) mass is 463 g/mol. The summed E-state index contributed by atoms with van der Waals surface area (Å²) in [6.45, 7) is 0. The minimum Gasteiger partial charge on any atom is -0.497 e. The Hall–Kier alpha value is -4.11. The lowest BCUT2D eigenvalue weighted by atomic mass is 10.2. The molecule has 0 fully saturated rings. The van der Waals surface area contributed by atoms with Crippen LogP contribution in [-0.4, -0.2) is 38.5 Å². The molecule has 8 nitrogen and oxygen atoms in total. The van der Waals surface area contributed by atoms with E-state index in [1.807, 2.05) is 24.3 Å². The molecule has 33 heavy (non-hydrogen) atoms. The first-order valence-electron chi connectivity index (χ1n) is 9.87. The van der Waals surface area contributed by atoms with Crippen molar-refractivity contribution in [3.05, 3.63) is 71.8 Å². The van der Waals surface area contributed by atoms with Crippen LogP contribution >= 0.6 is 11.3 Å². The van der Waals surface area contributed by atoms with Crippen LogP contribution in [0, 0.1) is 0 Å². The number of para-hydroxylation sites is 1. The highest BCUT2D eigenvalue weighted by Gasteiger charge is 2.15. The summed E-state index contributed by atoms with van der Waals surface area (Å²) in [6, 6.07) is 17.8. The Morgan fingerprint density at radius 2 is 1.70 bits per heavy atom. The Morgan fingerprint density at radius 1 is 0.939 bits per heavy atom. The summed E-state index contributed by atoms with van der Waals surface area (Å²) in [5, 5.41) is 4.93. The van der Waals surface area contributed by atoms with Crippen molar-refractivity contribution < 1.29 is 23.7 Å². The number of carbonyl (C=O) groups is 1. The minimum atomic E-state index is -0.565. The number of carbonyl (C=O) groups excluding carboxylic acids is 1. The molecule has 168 valence electrons. The van der Waals surface area contributed by atoms with E-state index in [-0.39, 0.29) is 5.75 Å². The van der Waals surface area contributed by atoms with E-state index in [9.17, 15) is 4.79 Å². The van der Waals surface area contributed by atoms with Crippen LogP contribution in [-0.2, 0) is 0 Å². The summed E-state index contributed by atoms with van der Waals surface area (Å²) in [7, 11) is 4.53. The molecule has 1 N–H and O–H groups in total. The number of aromatic nitrogens is 1. The number of esters is 1. The first-order valence-corrected chi connectivity index (χ1v) is 10.7. The Balaban J connectivity index is 1.47. The van der Waals surface area contributed by atoms with E-state index in [2.05, 4.69) is 15.5 Å². The van der Waals surface area contributed by atoms with Gasteiger partial charge >= 0.3 is 5.97 Å². The molecule has 0 aliphatic rings. The number of fused-ring (bicyclic) bond motifs is 1. The van der Waals surface area contributed by atoms with Crippen molar-refractivity contribution in [2.45, 2.75) is 0 Å². The fourth-order valence-corrected chi connectivity index (χ4v) is 3.83. The maximum absolute atomic E-state index is 12.7. The van der Waals surface area contributed by atoms with Crippen LogP contribution in [0.3, 0.4) is 0 Å². The van der Waals surface area contributed by atoms with Gasteiger partial charge in [0.2, 0.25) is 5.13 Å². The van der Waals surface area contributed by atoms with Gasteiger partial charge in [-0.2, -0.15) is 5.10 Å². The summed E-state index contributed by atoms with van der Waals surface area (Å²) in [5.41, 5.74) is 4.90. The van der Waals surface area contributed by atoms with E-state index in [0.29, 0.717) is 27.9 Å². The van der Waals surface area contributed by atoms with Gasteiger partial charge in [-0.05, 0) is 48.0 Å². The number of hydrogen-bond acceptors (Lipinski definition) is 9. The van der Waals surface area contributed by atoms with Crippen molar-refractivity contribution in [1.82, 2.24) is 4.98 Å². The molecular weight excluding hydrogens is 442 g/mol. The van der Waals surface area contributed by atoms with E-state index >= 15 is 0 Å². The van der Waals surface area contributed by atoms with Gasteiger partial charge in [0.05, 0.1) is 43.3 Å². The number of hydrogen-bond donors (Lipinski definition) is 1. The Morgan fingerprint density at radius 3 is 2.39 bits per heavy atom. The third kappa shape index (κ3) is 5.21. The molecule has 4 rings (SSSR count). The molecule has 1 heterocycles. The molecule has 1 aromatic heterocycles. The Bertz CT molecular complexity index is 1260. The highest BCUT2D eigenvalue weighted by Crippen LogP contribution is 2.30. The zero-order chi connectivity index (χ0) is 23.2. The number of nitrogens with zero attached hydrogens (tertiary/aromatic N) is 2. The van der Waals surface area contributed by atoms with Gasteiger partial charge in [-0.3, -0.25) is 5.43 Å². The lowest BCUT2D eigenvalue weighted by Crippen LogP contribution is -2.10. The molecule has 0 unspecified atom stereocenters. The van der Waals surface area contributed by atoms with Crippen LogP contribution in [0.15, 0.2) is 65.8 Å². The maximum atomic E-state index is 12.7. The molecule has 0 amide bonds. The van der Waals surface area contributed by atoms with Gasteiger partial charge in [0.25, 0.3) is 0 Å². The third-order valence-electron chi connectivity index (χ3n) is 4.65. The number of methoxy groups -OCH3 is 3. The molecule has 0 bridgehead atoms. The smallest absolute Gasteiger partial charge is 0.343 e. The topological polar surface area (TPSA) is 91.3 Å². The Kier molecular flexibility index (Phi) is 6.70. The normalized spacial score (nSPS) is 10.9. The predicted molar refractivity (Wildman–Crippen MR) is 128 cm³/mol. The number of benzene rings is 3. The van der Waals surface area contributed by atoms with Gasteiger partial charge in [0, 0.05) is 6.07 Å². The zero-order valence-electron chi connectivity index (χ0n) is 18.2. The van der Waals surface area contributed by atoms with Crippen LogP contribution in [0.25, 0.3) is 10.2 Å². The van der Waals surface area contributed by atoms with E-state index in [1.165, 1.54) is 32.7 Å². The molecule has 4 aromatic rings. The zero-order valence-corrected chi connectivity index (χ0v) is 19.0. The number of anilines is 1. The fraction of sp³-hybridized carbons (Fsp3) is 0.125. The number of nitrogens with one attached hydrogen (secondary N) is 1. The molecule has 9 heteroatoms. The van der Waals surface area contributed by atoms with Gasteiger partial charge < -0.3 is 18.9 Å². The third-order valence-corrected chi connectivity index (χ3v) is 5.59. The van der Waals surface area contributed by atoms with E-state index in [0.717, 1.165) is 15.8 Å². The highest BCUT2D eigenvalue weighted by atomic mass is 32.1.